The topological polar surface area (TPSA) is 28.5 Å². The van der Waals surface area contributed by atoms with Gasteiger partial charge in [-0.05, 0) is 18.9 Å². The summed E-state index contributed by atoms with van der Waals surface area (Å²) in [5.74, 6) is 0. The molecule has 0 fully saturated rings. The molecule has 0 aliphatic heterocycles. The molecule has 0 bridgehead atoms. The van der Waals surface area contributed by atoms with Crippen LogP contribution in [0, 0.1) is 6.07 Å². The first kappa shape index (κ1) is 11.7. The zero-order valence-corrected chi connectivity index (χ0v) is 9.48. The first-order chi connectivity index (χ1) is 7.36. The van der Waals surface area contributed by atoms with E-state index in [1.165, 1.54) is 0 Å². The van der Waals surface area contributed by atoms with Crippen LogP contribution < -0.4 is 0 Å². The van der Waals surface area contributed by atoms with Crippen LogP contribution in [0.4, 0.5) is 5.69 Å². The highest BCUT2D eigenvalue weighted by Gasteiger charge is 1.95. The molecule has 0 spiro atoms. The van der Waals surface area contributed by atoms with E-state index in [0.717, 1.165) is 31.6 Å². The summed E-state index contributed by atoms with van der Waals surface area (Å²) in [7, 11) is 0. The Morgan fingerprint density at radius 2 is 2.13 bits per heavy atom. The van der Waals surface area contributed by atoms with E-state index < -0.39 is 0 Å². The van der Waals surface area contributed by atoms with Crippen molar-refractivity contribution in [3.8, 4) is 0 Å². The number of rotatable bonds is 6. The standard InChI is InChI=1S/C12H18N3/c1-3-9-15(10-4-2)11-14-12-5-7-13-8-6-12/h5,7-8,11H,3-4,9-10H2,1-2H3. The Kier molecular flexibility index (Phi) is 5.44. The molecular formula is C12H18N3. The highest BCUT2D eigenvalue weighted by Crippen LogP contribution is 2.06. The van der Waals surface area contributed by atoms with E-state index in [9.17, 15) is 0 Å². The van der Waals surface area contributed by atoms with Gasteiger partial charge in [0.05, 0.1) is 12.0 Å². The summed E-state index contributed by atoms with van der Waals surface area (Å²) in [6, 6.07) is 4.83. The van der Waals surface area contributed by atoms with Crippen molar-refractivity contribution >= 4 is 12.0 Å². The number of aromatic nitrogens is 1. The fourth-order valence-electron chi connectivity index (χ4n) is 1.33. The molecule has 81 valence electrons. The summed E-state index contributed by atoms with van der Waals surface area (Å²) in [6.45, 7) is 6.47. The van der Waals surface area contributed by atoms with Crippen molar-refractivity contribution in [3.63, 3.8) is 0 Å². The van der Waals surface area contributed by atoms with Crippen molar-refractivity contribution < 1.29 is 0 Å². The largest absolute Gasteiger partial charge is 0.363 e. The summed E-state index contributed by atoms with van der Waals surface area (Å²) in [6.07, 6.45) is 7.56. The van der Waals surface area contributed by atoms with Crippen LogP contribution in [0.1, 0.15) is 26.7 Å². The van der Waals surface area contributed by atoms with Crippen LogP contribution in [0.2, 0.25) is 0 Å². The smallest absolute Gasteiger partial charge is 0.0912 e. The maximum atomic E-state index is 4.35. The molecule has 0 aromatic carbocycles. The van der Waals surface area contributed by atoms with Crippen LogP contribution in [0.5, 0.6) is 0 Å². The van der Waals surface area contributed by atoms with Gasteiger partial charge >= 0.3 is 0 Å². The molecule has 0 unspecified atom stereocenters. The van der Waals surface area contributed by atoms with Crippen LogP contribution in [-0.4, -0.2) is 29.3 Å². The van der Waals surface area contributed by atoms with Gasteiger partial charge in [0.2, 0.25) is 0 Å². The van der Waals surface area contributed by atoms with Gasteiger partial charge in [-0.1, -0.05) is 13.8 Å². The molecule has 0 amide bonds. The van der Waals surface area contributed by atoms with Gasteiger partial charge in [-0.15, -0.1) is 0 Å². The van der Waals surface area contributed by atoms with E-state index in [-0.39, 0.29) is 0 Å². The van der Waals surface area contributed by atoms with Crippen LogP contribution in [0.3, 0.4) is 0 Å². The van der Waals surface area contributed by atoms with Crippen LogP contribution in [0.15, 0.2) is 23.5 Å². The Bertz CT molecular complexity index is 276. The quantitative estimate of drug-likeness (QED) is 0.526. The number of nitrogens with zero attached hydrogens (tertiary/aromatic N) is 3. The zero-order chi connectivity index (χ0) is 10.9. The van der Waals surface area contributed by atoms with Crippen LogP contribution in [-0.2, 0) is 0 Å². The number of pyridine rings is 1. The zero-order valence-electron chi connectivity index (χ0n) is 9.48. The van der Waals surface area contributed by atoms with Gasteiger partial charge in [-0.2, -0.15) is 0 Å². The molecule has 0 N–H and O–H groups in total. The maximum absolute atomic E-state index is 4.35. The van der Waals surface area contributed by atoms with Crippen molar-refractivity contribution in [1.82, 2.24) is 9.88 Å². The lowest BCUT2D eigenvalue weighted by Gasteiger charge is -2.17. The van der Waals surface area contributed by atoms with E-state index in [0.29, 0.717) is 0 Å². The van der Waals surface area contributed by atoms with Crippen molar-refractivity contribution in [2.24, 2.45) is 4.99 Å². The van der Waals surface area contributed by atoms with Crippen LogP contribution >= 0.6 is 0 Å². The predicted octanol–water partition coefficient (Wildman–Crippen LogP) is 2.66. The third-order valence-corrected chi connectivity index (χ3v) is 1.99. The highest BCUT2D eigenvalue weighted by molar-refractivity contribution is 5.60. The second-order valence-electron chi connectivity index (χ2n) is 3.40. The molecule has 0 atom stereocenters. The normalized spacial score (nSPS) is 10.8. The van der Waals surface area contributed by atoms with Gasteiger partial charge in [-0.25, -0.2) is 4.99 Å². The fraction of sp³-hybridized carbons (Fsp3) is 0.500. The lowest BCUT2D eigenvalue weighted by atomic mass is 10.4. The first-order valence-corrected chi connectivity index (χ1v) is 5.46. The summed E-state index contributed by atoms with van der Waals surface area (Å²) in [5.41, 5.74) is 0.835. The average molecular weight is 204 g/mol. The lowest BCUT2D eigenvalue weighted by Crippen LogP contribution is -2.23. The SMILES string of the molecule is CCCN(C=Nc1[c]cncc1)CCC. The summed E-state index contributed by atoms with van der Waals surface area (Å²) < 4.78 is 0. The lowest BCUT2D eigenvalue weighted by molar-refractivity contribution is 0.428. The molecule has 1 rings (SSSR count). The third kappa shape index (κ3) is 4.58. The van der Waals surface area contributed by atoms with E-state index in [1.807, 2.05) is 12.4 Å². The first-order valence-electron chi connectivity index (χ1n) is 5.46. The van der Waals surface area contributed by atoms with Crippen molar-refractivity contribution in [2.75, 3.05) is 13.1 Å². The molecule has 0 saturated heterocycles. The molecule has 1 radical (unpaired) electrons. The fourth-order valence-corrected chi connectivity index (χ4v) is 1.33. The predicted molar refractivity (Wildman–Crippen MR) is 63.4 cm³/mol. The van der Waals surface area contributed by atoms with Gasteiger partial charge in [0.15, 0.2) is 0 Å². The molecule has 1 aromatic rings. The minimum absolute atomic E-state index is 0.835. The van der Waals surface area contributed by atoms with Crippen molar-refractivity contribution in [1.29, 1.82) is 0 Å². The van der Waals surface area contributed by atoms with Gasteiger partial charge in [0, 0.05) is 31.5 Å². The Labute approximate surface area is 91.9 Å². The van der Waals surface area contributed by atoms with Gasteiger partial charge < -0.3 is 4.90 Å². The molecule has 3 heteroatoms. The van der Waals surface area contributed by atoms with E-state index in [1.54, 1.807) is 12.4 Å². The monoisotopic (exact) mass is 204 g/mol. The minimum Gasteiger partial charge on any atom is -0.363 e. The molecular weight excluding hydrogens is 186 g/mol. The Balaban J connectivity index is 2.53. The number of aliphatic imine (C=N–C) groups is 1. The molecule has 1 heterocycles. The number of hydrogen-bond donors (Lipinski definition) is 0. The summed E-state index contributed by atoms with van der Waals surface area (Å²) in [5, 5.41) is 0. The Morgan fingerprint density at radius 1 is 1.40 bits per heavy atom. The van der Waals surface area contributed by atoms with E-state index >= 15 is 0 Å². The summed E-state index contributed by atoms with van der Waals surface area (Å²) in [4.78, 5) is 10.5. The van der Waals surface area contributed by atoms with Crippen molar-refractivity contribution in [2.45, 2.75) is 26.7 Å². The van der Waals surface area contributed by atoms with Gasteiger partial charge in [-0.3, -0.25) is 4.98 Å². The minimum atomic E-state index is 0.835. The molecule has 15 heavy (non-hydrogen) atoms. The third-order valence-electron chi connectivity index (χ3n) is 1.99. The van der Waals surface area contributed by atoms with Gasteiger partial charge in [0.25, 0.3) is 0 Å². The molecule has 1 aromatic heterocycles. The highest BCUT2D eigenvalue weighted by atomic mass is 15.1. The van der Waals surface area contributed by atoms with Crippen molar-refractivity contribution in [3.05, 3.63) is 24.5 Å². The van der Waals surface area contributed by atoms with E-state index in [2.05, 4.69) is 34.8 Å². The van der Waals surface area contributed by atoms with Gasteiger partial charge in [0.1, 0.15) is 0 Å². The van der Waals surface area contributed by atoms with E-state index in [4.69, 9.17) is 0 Å². The molecule has 0 aliphatic rings. The summed E-state index contributed by atoms with van der Waals surface area (Å²) >= 11 is 0. The average Bonchev–Trinajstić information content (AvgIpc) is 2.28. The Hall–Kier alpha value is -1.38. The maximum Gasteiger partial charge on any atom is 0.0912 e. The van der Waals surface area contributed by atoms with Crippen LogP contribution in [0.25, 0.3) is 0 Å². The second kappa shape index (κ2) is 6.98. The number of hydrogen-bond acceptors (Lipinski definition) is 2. The molecule has 3 nitrogen and oxygen atoms in total. The molecule has 0 aliphatic carbocycles. The Morgan fingerprint density at radius 3 is 2.67 bits per heavy atom. The second-order valence-corrected chi connectivity index (χ2v) is 3.40. The molecule has 0 saturated carbocycles.